The normalized spacial score (nSPS) is 17.4. The molecular weight excluding hydrogens is 200 g/mol. The lowest BCUT2D eigenvalue weighted by Crippen LogP contribution is -2.54. The van der Waals surface area contributed by atoms with E-state index in [1.54, 1.807) is 0 Å². The summed E-state index contributed by atoms with van der Waals surface area (Å²) in [5.74, 6) is 0. The van der Waals surface area contributed by atoms with Gasteiger partial charge in [-0.3, -0.25) is 0 Å². The van der Waals surface area contributed by atoms with Crippen LogP contribution in [0.2, 0.25) is 0 Å². The van der Waals surface area contributed by atoms with Gasteiger partial charge in [0.25, 0.3) is 0 Å². The Balaban J connectivity index is 4.17. The summed E-state index contributed by atoms with van der Waals surface area (Å²) in [6.07, 6.45) is 3.53. The van der Waals surface area contributed by atoms with E-state index in [0.29, 0.717) is 6.04 Å². The number of hydrogen-bond acceptors (Lipinski definition) is 3. The minimum Gasteiger partial charge on any atom is -0.394 e. The lowest BCUT2D eigenvalue weighted by atomic mass is 10.0. The number of rotatable bonds is 9. The fraction of sp³-hybridized carbons (Fsp3) is 1.00. The van der Waals surface area contributed by atoms with Crippen molar-refractivity contribution in [1.82, 2.24) is 10.2 Å². The average molecular weight is 230 g/mol. The Bertz CT molecular complexity index is 175. The molecular formula is C13H30N2O. The van der Waals surface area contributed by atoms with Crippen LogP contribution in [0, 0.1) is 0 Å². The molecule has 0 aliphatic rings. The maximum atomic E-state index is 9.48. The first-order valence-electron chi connectivity index (χ1n) is 6.55. The summed E-state index contributed by atoms with van der Waals surface area (Å²) in [6.45, 7) is 10.8. The van der Waals surface area contributed by atoms with Gasteiger partial charge in [0.1, 0.15) is 0 Å². The van der Waals surface area contributed by atoms with E-state index in [0.717, 1.165) is 19.5 Å². The zero-order chi connectivity index (χ0) is 12.6. The molecule has 0 aromatic heterocycles. The smallest absolute Gasteiger partial charge is 0.0623 e. The van der Waals surface area contributed by atoms with Gasteiger partial charge in [0.05, 0.1) is 12.1 Å². The van der Waals surface area contributed by atoms with E-state index in [1.807, 2.05) is 0 Å². The maximum absolute atomic E-state index is 9.48. The van der Waals surface area contributed by atoms with Crippen molar-refractivity contribution in [2.75, 3.05) is 26.7 Å². The predicted molar refractivity (Wildman–Crippen MR) is 70.8 cm³/mol. The summed E-state index contributed by atoms with van der Waals surface area (Å²) in [6, 6.07) is 0.583. The Morgan fingerprint density at radius 2 is 1.94 bits per heavy atom. The quantitative estimate of drug-likeness (QED) is 0.634. The molecule has 0 bridgehead atoms. The molecule has 0 aliphatic carbocycles. The molecule has 2 unspecified atom stereocenters. The standard InChI is InChI=1S/C13H30N2O/c1-6-8-12(3)15(5)10-13(4,11-16)14-9-7-2/h12,14,16H,6-11H2,1-5H3. The zero-order valence-corrected chi connectivity index (χ0v) is 11.7. The van der Waals surface area contributed by atoms with Crippen LogP contribution < -0.4 is 5.32 Å². The number of nitrogens with zero attached hydrogens (tertiary/aromatic N) is 1. The Kier molecular flexibility index (Phi) is 7.98. The van der Waals surface area contributed by atoms with E-state index in [-0.39, 0.29) is 12.1 Å². The van der Waals surface area contributed by atoms with Gasteiger partial charge in [-0.2, -0.15) is 0 Å². The van der Waals surface area contributed by atoms with Gasteiger partial charge in [-0.25, -0.2) is 0 Å². The first-order valence-corrected chi connectivity index (χ1v) is 6.55. The first kappa shape index (κ1) is 15.9. The van der Waals surface area contributed by atoms with Gasteiger partial charge < -0.3 is 15.3 Å². The largest absolute Gasteiger partial charge is 0.394 e. The highest BCUT2D eigenvalue weighted by Crippen LogP contribution is 2.10. The number of likely N-dealkylation sites (N-methyl/N-ethyl adjacent to an activating group) is 1. The van der Waals surface area contributed by atoms with Crippen LogP contribution >= 0.6 is 0 Å². The van der Waals surface area contributed by atoms with Crippen LogP contribution in [0.4, 0.5) is 0 Å². The van der Waals surface area contributed by atoms with Gasteiger partial charge in [-0.05, 0) is 40.3 Å². The summed E-state index contributed by atoms with van der Waals surface area (Å²) < 4.78 is 0. The third kappa shape index (κ3) is 5.83. The minimum atomic E-state index is -0.174. The van der Waals surface area contributed by atoms with Gasteiger partial charge in [-0.15, -0.1) is 0 Å². The summed E-state index contributed by atoms with van der Waals surface area (Å²) in [5, 5.41) is 12.9. The van der Waals surface area contributed by atoms with Crippen LogP contribution in [0.5, 0.6) is 0 Å². The van der Waals surface area contributed by atoms with E-state index < -0.39 is 0 Å². The highest BCUT2D eigenvalue weighted by Gasteiger charge is 2.25. The molecule has 0 aliphatic heterocycles. The fourth-order valence-corrected chi connectivity index (χ4v) is 1.93. The fourth-order valence-electron chi connectivity index (χ4n) is 1.93. The summed E-state index contributed by atoms with van der Waals surface area (Å²) >= 11 is 0. The molecule has 0 aromatic carbocycles. The Morgan fingerprint density at radius 3 is 2.38 bits per heavy atom. The van der Waals surface area contributed by atoms with E-state index >= 15 is 0 Å². The molecule has 0 amide bonds. The van der Waals surface area contributed by atoms with Crippen LogP contribution in [-0.4, -0.2) is 48.3 Å². The molecule has 16 heavy (non-hydrogen) atoms. The van der Waals surface area contributed by atoms with Gasteiger partial charge in [0.15, 0.2) is 0 Å². The molecule has 0 radical (unpaired) electrons. The summed E-state index contributed by atoms with van der Waals surface area (Å²) in [7, 11) is 2.14. The molecule has 0 heterocycles. The molecule has 3 heteroatoms. The monoisotopic (exact) mass is 230 g/mol. The predicted octanol–water partition coefficient (Wildman–Crippen LogP) is 1.86. The van der Waals surface area contributed by atoms with Crippen molar-refractivity contribution in [3.05, 3.63) is 0 Å². The van der Waals surface area contributed by atoms with Gasteiger partial charge >= 0.3 is 0 Å². The van der Waals surface area contributed by atoms with E-state index in [4.69, 9.17) is 0 Å². The third-order valence-corrected chi connectivity index (χ3v) is 3.21. The molecule has 0 rings (SSSR count). The van der Waals surface area contributed by atoms with Crippen molar-refractivity contribution < 1.29 is 5.11 Å². The Labute approximate surface area is 101 Å². The lowest BCUT2D eigenvalue weighted by Gasteiger charge is -2.36. The van der Waals surface area contributed by atoms with Crippen LogP contribution in [0.3, 0.4) is 0 Å². The average Bonchev–Trinajstić information content (AvgIpc) is 2.26. The van der Waals surface area contributed by atoms with E-state index in [9.17, 15) is 5.11 Å². The summed E-state index contributed by atoms with van der Waals surface area (Å²) in [4.78, 5) is 2.34. The SMILES string of the molecule is CCCNC(C)(CO)CN(C)C(C)CCC. The molecule has 98 valence electrons. The Morgan fingerprint density at radius 1 is 1.31 bits per heavy atom. The van der Waals surface area contributed by atoms with Crippen molar-refractivity contribution in [2.24, 2.45) is 0 Å². The number of aliphatic hydroxyl groups is 1. The van der Waals surface area contributed by atoms with Crippen LogP contribution in [0.1, 0.15) is 47.0 Å². The van der Waals surface area contributed by atoms with Crippen molar-refractivity contribution in [2.45, 2.75) is 58.5 Å². The van der Waals surface area contributed by atoms with E-state index in [2.05, 4.69) is 45.0 Å². The molecule has 0 aromatic rings. The van der Waals surface area contributed by atoms with Crippen molar-refractivity contribution in [1.29, 1.82) is 0 Å². The highest BCUT2D eigenvalue weighted by molar-refractivity contribution is 4.86. The molecule has 2 N–H and O–H groups in total. The molecule has 0 spiro atoms. The lowest BCUT2D eigenvalue weighted by molar-refractivity contribution is 0.113. The first-order chi connectivity index (χ1) is 7.49. The van der Waals surface area contributed by atoms with Crippen LogP contribution in [-0.2, 0) is 0 Å². The van der Waals surface area contributed by atoms with Crippen molar-refractivity contribution >= 4 is 0 Å². The zero-order valence-electron chi connectivity index (χ0n) is 11.7. The van der Waals surface area contributed by atoms with Crippen molar-refractivity contribution in [3.8, 4) is 0 Å². The minimum absolute atomic E-state index is 0.174. The van der Waals surface area contributed by atoms with Crippen LogP contribution in [0.15, 0.2) is 0 Å². The van der Waals surface area contributed by atoms with Gasteiger partial charge in [-0.1, -0.05) is 20.3 Å². The molecule has 3 nitrogen and oxygen atoms in total. The summed E-state index contributed by atoms with van der Waals surface area (Å²) in [5.41, 5.74) is -0.174. The third-order valence-electron chi connectivity index (χ3n) is 3.21. The molecule has 0 saturated heterocycles. The maximum Gasteiger partial charge on any atom is 0.0623 e. The number of nitrogens with one attached hydrogen (secondary N) is 1. The number of hydrogen-bond donors (Lipinski definition) is 2. The Hall–Kier alpha value is -0.120. The van der Waals surface area contributed by atoms with Gasteiger partial charge in [0, 0.05) is 12.6 Å². The van der Waals surface area contributed by atoms with Crippen LogP contribution in [0.25, 0.3) is 0 Å². The second kappa shape index (κ2) is 8.04. The molecule has 0 saturated carbocycles. The van der Waals surface area contributed by atoms with E-state index in [1.165, 1.54) is 12.8 Å². The second-order valence-electron chi connectivity index (χ2n) is 5.20. The number of aliphatic hydroxyl groups excluding tert-OH is 1. The van der Waals surface area contributed by atoms with Crippen molar-refractivity contribution in [3.63, 3.8) is 0 Å². The topological polar surface area (TPSA) is 35.5 Å². The molecule has 2 atom stereocenters. The molecule has 0 fully saturated rings. The van der Waals surface area contributed by atoms with Gasteiger partial charge in [0.2, 0.25) is 0 Å². The second-order valence-corrected chi connectivity index (χ2v) is 5.20. The highest BCUT2D eigenvalue weighted by atomic mass is 16.3.